The van der Waals surface area contributed by atoms with Gasteiger partial charge in [0, 0.05) is 23.1 Å². The van der Waals surface area contributed by atoms with E-state index >= 15 is 0 Å². The minimum atomic E-state index is -0.427. The maximum absolute atomic E-state index is 12.5. The number of aromatic nitrogens is 1. The standard InChI is InChI=1S/C21H19N3O4/c1-27-18-8-6-16(7-9-18)24-20(25)14-10-11-22-19(13-14)23-17-5-3-4-15(12-17)21(26)28-2/h3-13H,1-2H3,(H,22,23)(H,24,25). The van der Waals surface area contributed by atoms with E-state index in [1.807, 2.05) is 0 Å². The second kappa shape index (κ2) is 8.68. The van der Waals surface area contributed by atoms with Crippen LogP contribution < -0.4 is 15.4 Å². The molecule has 3 rings (SSSR count). The topological polar surface area (TPSA) is 89.5 Å². The number of nitrogens with one attached hydrogen (secondary N) is 2. The van der Waals surface area contributed by atoms with E-state index in [4.69, 9.17) is 9.47 Å². The predicted octanol–water partition coefficient (Wildman–Crippen LogP) is 3.87. The third-order valence-electron chi connectivity index (χ3n) is 3.93. The summed E-state index contributed by atoms with van der Waals surface area (Å²) < 4.78 is 9.82. The molecule has 1 amide bonds. The average Bonchev–Trinajstić information content (AvgIpc) is 2.74. The summed E-state index contributed by atoms with van der Waals surface area (Å²) in [6, 6.07) is 17.1. The fourth-order valence-corrected chi connectivity index (χ4v) is 2.51. The van der Waals surface area contributed by atoms with Gasteiger partial charge in [-0.2, -0.15) is 0 Å². The number of ether oxygens (including phenoxy) is 2. The molecule has 0 aliphatic carbocycles. The number of carbonyl (C=O) groups excluding carboxylic acids is 2. The van der Waals surface area contributed by atoms with Crippen molar-refractivity contribution in [3.63, 3.8) is 0 Å². The van der Waals surface area contributed by atoms with E-state index in [1.165, 1.54) is 13.3 Å². The first-order chi connectivity index (χ1) is 13.6. The van der Waals surface area contributed by atoms with Crippen LogP contribution in [0.2, 0.25) is 0 Å². The summed E-state index contributed by atoms with van der Waals surface area (Å²) in [5.74, 6) is 0.495. The van der Waals surface area contributed by atoms with Crippen LogP contribution >= 0.6 is 0 Å². The Morgan fingerprint density at radius 2 is 1.68 bits per heavy atom. The Kier molecular flexibility index (Phi) is 5.86. The van der Waals surface area contributed by atoms with Crippen LogP contribution in [0.25, 0.3) is 0 Å². The third kappa shape index (κ3) is 4.64. The smallest absolute Gasteiger partial charge is 0.337 e. The number of esters is 1. The van der Waals surface area contributed by atoms with Gasteiger partial charge in [-0.3, -0.25) is 4.79 Å². The van der Waals surface area contributed by atoms with Crippen LogP contribution in [-0.2, 0) is 4.74 Å². The number of carbonyl (C=O) groups is 2. The zero-order valence-corrected chi connectivity index (χ0v) is 15.4. The molecule has 2 N–H and O–H groups in total. The lowest BCUT2D eigenvalue weighted by molar-refractivity contribution is 0.0600. The Labute approximate surface area is 162 Å². The lowest BCUT2D eigenvalue weighted by Crippen LogP contribution is -2.12. The molecule has 7 nitrogen and oxygen atoms in total. The summed E-state index contributed by atoms with van der Waals surface area (Å²) in [5.41, 5.74) is 2.17. The van der Waals surface area contributed by atoms with Gasteiger partial charge in [0.25, 0.3) is 5.91 Å². The number of amides is 1. The second-order valence-electron chi connectivity index (χ2n) is 5.81. The van der Waals surface area contributed by atoms with Gasteiger partial charge in [-0.25, -0.2) is 9.78 Å². The van der Waals surface area contributed by atoms with E-state index in [-0.39, 0.29) is 5.91 Å². The fourth-order valence-electron chi connectivity index (χ4n) is 2.51. The van der Waals surface area contributed by atoms with Crippen molar-refractivity contribution in [2.45, 2.75) is 0 Å². The molecule has 142 valence electrons. The summed E-state index contributed by atoms with van der Waals surface area (Å²) in [6.45, 7) is 0. The summed E-state index contributed by atoms with van der Waals surface area (Å²) in [7, 11) is 2.91. The minimum Gasteiger partial charge on any atom is -0.497 e. The summed E-state index contributed by atoms with van der Waals surface area (Å²) in [4.78, 5) is 28.4. The summed E-state index contributed by atoms with van der Waals surface area (Å²) in [5, 5.41) is 5.90. The molecule has 0 unspecified atom stereocenters. The van der Waals surface area contributed by atoms with Crippen molar-refractivity contribution in [1.82, 2.24) is 4.98 Å². The van der Waals surface area contributed by atoms with Crippen molar-refractivity contribution < 1.29 is 19.1 Å². The van der Waals surface area contributed by atoms with E-state index in [9.17, 15) is 9.59 Å². The summed E-state index contributed by atoms with van der Waals surface area (Å²) in [6.07, 6.45) is 1.54. The Bertz CT molecular complexity index is 987. The molecule has 2 aromatic carbocycles. The predicted molar refractivity (Wildman–Crippen MR) is 106 cm³/mol. The normalized spacial score (nSPS) is 10.1. The Morgan fingerprint density at radius 3 is 2.39 bits per heavy atom. The maximum Gasteiger partial charge on any atom is 0.337 e. The van der Waals surface area contributed by atoms with Gasteiger partial charge in [0.2, 0.25) is 0 Å². The van der Waals surface area contributed by atoms with Gasteiger partial charge in [0.1, 0.15) is 11.6 Å². The van der Waals surface area contributed by atoms with Crippen molar-refractivity contribution in [3.05, 3.63) is 78.0 Å². The Hall–Kier alpha value is -3.87. The van der Waals surface area contributed by atoms with Crippen LogP contribution in [0.5, 0.6) is 5.75 Å². The van der Waals surface area contributed by atoms with E-state index in [2.05, 4.69) is 15.6 Å². The molecular weight excluding hydrogens is 358 g/mol. The first kappa shape index (κ1) is 18.9. The molecular formula is C21H19N3O4. The average molecular weight is 377 g/mol. The highest BCUT2D eigenvalue weighted by atomic mass is 16.5. The highest BCUT2D eigenvalue weighted by Crippen LogP contribution is 2.19. The molecule has 0 fully saturated rings. The van der Waals surface area contributed by atoms with Crippen LogP contribution in [0.1, 0.15) is 20.7 Å². The number of anilines is 3. The zero-order valence-electron chi connectivity index (χ0n) is 15.4. The van der Waals surface area contributed by atoms with Crippen molar-refractivity contribution >= 4 is 29.1 Å². The molecule has 3 aromatic rings. The quantitative estimate of drug-likeness (QED) is 0.634. The number of methoxy groups -OCH3 is 2. The van der Waals surface area contributed by atoms with Gasteiger partial charge >= 0.3 is 5.97 Å². The maximum atomic E-state index is 12.5. The number of hydrogen-bond acceptors (Lipinski definition) is 6. The van der Waals surface area contributed by atoms with E-state index in [0.29, 0.717) is 34.1 Å². The lowest BCUT2D eigenvalue weighted by Gasteiger charge is -2.09. The molecule has 1 aromatic heterocycles. The van der Waals surface area contributed by atoms with Crippen LogP contribution in [0, 0.1) is 0 Å². The van der Waals surface area contributed by atoms with E-state index < -0.39 is 5.97 Å². The molecule has 0 bridgehead atoms. The fraction of sp³-hybridized carbons (Fsp3) is 0.0952. The lowest BCUT2D eigenvalue weighted by atomic mass is 10.2. The summed E-state index contributed by atoms with van der Waals surface area (Å²) >= 11 is 0. The molecule has 0 radical (unpaired) electrons. The largest absolute Gasteiger partial charge is 0.497 e. The SMILES string of the molecule is COC(=O)c1cccc(Nc2cc(C(=O)Nc3ccc(OC)cc3)ccn2)c1. The molecule has 0 saturated carbocycles. The molecule has 0 atom stereocenters. The number of rotatable bonds is 6. The van der Waals surface area contributed by atoms with Gasteiger partial charge in [-0.05, 0) is 54.6 Å². The van der Waals surface area contributed by atoms with E-state index in [1.54, 1.807) is 67.8 Å². The number of pyridine rings is 1. The van der Waals surface area contributed by atoms with E-state index in [0.717, 1.165) is 0 Å². The number of benzene rings is 2. The highest BCUT2D eigenvalue weighted by molar-refractivity contribution is 6.04. The first-order valence-corrected chi connectivity index (χ1v) is 8.46. The molecule has 0 saturated heterocycles. The van der Waals surface area contributed by atoms with Gasteiger partial charge in [0.05, 0.1) is 19.8 Å². The zero-order chi connectivity index (χ0) is 19.9. The molecule has 28 heavy (non-hydrogen) atoms. The van der Waals surface area contributed by atoms with Crippen LogP contribution in [0.4, 0.5) is 17.2 Å². The molecule has 0 aliphatic rings. The van der Waals surface area contributed by atoms with Crippen molar-refractivity contribution in [2.24, 2.45) is 0 Å². The third-order valence-corrected chi connectivity index (χ3v) is 3.93. The van der Waals surface area contributed by atoms with Gasteiger partial charge in [-0.15, -0.1) is 0 Å². The molecule has 0 aliphatic heterocycles. The van der Waals surface area contributed by atoms with Gasteiger partial charge in [-0.1, -0.05) is 6.07 Å². The van der Waals surface area contributed by atoms with Crippen LogP contribution in [0.15, 0.2) is 66.9 Å². The molecule has 1 heterocycles. The Balaban J connectivity index is 1.72. The number of nitrogens with zero attached hydrogens (tertiary/aromatic N) is 1. The number of hydrogen-bond donors (Lipinski definition) is 2. The van der Waals surface area contributed by atoms with Crippen molar-refractivity contribution in [3.8, 4) is 5.75 Å². The second-order valence-corrected chi connectivity index (χ2v) is 5.81. The van der Waals surface area contributed by atoms with Gasteiger partial charge in [0.15, 0.2) is 0 Å². The molecule has 0 spiro atoms. The Morgan fingerprint density at radius 1 is 0.893 bits per heavy atom. The van der Waals surface area contributed by atoms with Crippen molar-refractivity contribution in [2.75, 3.05) is 24.9 Å². The highest BCUT2D eigenvalue weighted by Gasteiger charge is 2.09. The first-order valence-electron chi connectivity index (χ1n) is 8.46. The monoisotopic (exact) mass is 377 g/mol. The van der Waals surface area contributed by atoms with Crippen LogP contribution in [0.3, 0.4) is 0 Å². The minimum absolute atomic E-state index is 0.265. The molecule has 7 heteroatoms. The van der Waals surface area contributed by atoms with Gasteiger partial charge < -0.3 is 20.1 Å². The van der Waals surface area contributed by atoms with Crippen LogP contribution in [-0.4, -0.2) is 31.1 Å². The van der Waals surface area contributed by atoms with Crippen molar-refractivity contribution in [1.29, 1.82) is 0 Å².